The predicted octanol–water partition coefficient (Wildman–Crippen LogP) is 2.75. The van der Waals surface area contributed by atoms with Gasteiger partial charge in [-0.1, -0.05) is 0 Å². The molecular weight excluding hydrogens is 382 g/mol. The normalized spacial score (nSPS) is 14.4. The van der Waals surface area contributed by atoms with Crippen molar-refractivity contribution in [1.29, 1.82) is 0 Å². The van der Waals surface area contributed by atoms with Crippen molar-refractivity contribution in [1.82, 2.24) is 19.7 Å². The summed E-state index contributed by atoms with van der Waals surface area (Å²) in [4.78, 5) is 26.9. The van der Waals surface area contributed by atoms with Crippen LogP contribution >= 0.6 is 0 Å². The Morgan fingerprint density at radius 1 is 1.23 bits per heavy atom. The lowest BCUT2D eigenvalue weighted by Crippen LogP contribution is -2.39. The van der Waals surface area contributed by atoms with E-state index < -0.39 is 0 Å². The Morgan fingerprint density at radius 2 is 2.10 bits per heavy atom. The maximum atomic E-state index is 12.9. The standard InChI is InChI=1S/C22H27N5O3/c1-16(14-17-6-4-13-30-17)23-20(28)8-9-22(29)26-11-5-12-27-21(26)15-18(24-27)19-7-3-10-25(19)2/h3-4,6-7,10,13,15-16H,5,8-9,11-12,14H2,1-2H3,(H,23,28)/t16-/m0/s1. The van der Waals surface area contributed by atoms with Crippen LogP contribution in [0.1, 0.15) is 31.9 Å². The lowest BCUT2D eigenvalue weighted by molar-refractivity contribution is -0.125. The molecule has 30 heavy (non-hydrogen) atoms. The SMILES string of the molecule is C[C@@H](Cc1ccco1)NC(=O)CCC(=O)N1CCCn2nc(-c3cccn3C)cc21. The fourth-order valence-electron chi connectivity index (χ4n) is 3.87. The van der Waals surface area contributed by atoms with E-state index in [1.54, 1.807) is 11.2 Å². The van der Waals surface area contributed by atoms with Crippen LogP contribution in [0, 0.1) is 0 Å². The Balaban J connectivity index is 1.35. The van der Waals surface area contributed by atoms with Crippen LogP contribution in [0.4, 0.5) is 5.82 Å². The van der Waals surface area contributed by atoms with E-state index in [0.29, 0.717) is 13.0 Å². The molecule has 1 atom stereocenters. The number of aromatic nitrogens is 3. The van der Waals surface area contributed by atoms with Crippen LogP contribution < -0.4 is 10.2 Å². The number of hydrogen-bond acceptors (Lipinski definition) is 4. The van der Waals surface area contributed by atoms with Crippen molar-refractivity contribution in [3.8, 4) is 11.4 Å². The summed E-state index contributed by atoms with van der Waals surface area (Å²) in [6, 6.07) is 9.60. The molecule has 1 aliphatic rings. The van der Waals surface area contributed by atoms with E-state index in [4.69, 9.17) is 4.42 Å². The van der Waals surface area contributed by atoms with Gasteiger partial charge in [0.2, 0.25) is 11.8 Å². The first-order chi connectivity index (χ1) is 14.5. The van der Waals surface area contributed by atoms with Gasteiger partial charge in [-0.25, -0.2) is 4.68 Å². The highest BCUT2D eigenvalue weighted by Crippen LogP contribution is 2.28. The minimum Gasteiger partial charge on any atom is -0.469 e. The number of nitrogens with zero attached hydrogens (tertiary/aromatic N) is 4. The van der Waals surface area contributed by atoms with E-state index in [-0.39, 0.29) is 30.7 Å². The van der Waals surface area contributed by atoms with Crippen molar-refractivity contribution in [2.24, 2.45) is 7.05 Å². The van der Waals surface area contributed by atoms with Crippen LogP contribution in [0.2, 0.25) is 0 Å². The maximum absolute atomic E-state index is 12.9. The highest BCUT2D eigenvalue weighted by atomic mass is 16.3. The van der Waals surface area contributed by atoms with Crippen molar-refractivity contribution < 1.29 is 14.0 Å². The number of rotatable bonds is 7. The van der Waals surface area contributed by atoms with Crippen molar-refractivity contribution >= 4 is 17.6 Å². The summed E-state index contributed by atoms with van der Waals surface area (Å²) in [5.74, 6) is 1.45. The smallest absolute Gasteiger partial charge is 0.228 e. The zero-order valence-electron chi connectivity index (χ0n) is 17.4. The molecule has 2 amide bonds. The van der Waals surface area contributed by atoms with Gasteiger partial charge in [-0.3, -0.25) is 14.5 Å². The monoisotopic (exact) mass is 409 g/mol. The molecule has 1 aliphatic heterocycles. The number of amides is 2. The van der Waals surface area contributed by atoms with Crippen LogP contribution in [0.3, 0.4) is 0 Å². The third-order valence-corrected chi connectivity index (χ3v) is 5.35. The third-order valence-electron chi connectivity index (χ3n) is 5.35. The minimum absolute atomic E-state index is 0.0527. The Labute approximate surface area is 175 Å². The summed E-state index contributed by atoms with van der Waals surface area (Å²) < 4.78 is 9.20. The second-order valence-electron chi connectivity index (χ2n) is 7.77. The van der Waals surface area contributed by atoms with Gasteiger partial charge < -0.3 is 14.3 Å². The summed E-state index contributed by atoms with van der Waals surface area (Å²) >= 11 is 0. The zero-order valence-corrected chi connectivity index (χ0v) is 17.4. The van der Waals surface area contributed by atoms with E-state index in [1.165, 1.54) is 0 Å². The van der Waals surface area contributed by atoms with Crippen LogP contribution in [0.15, 0.2) is 47.2 Å². The number of carbonyl (C=O) groups excluding carboxylic acids is 2. The third kappa shape index (κ3) is 4.32. The lowest BCUT2D eigenvalue weighted by Gasteiger charge is -2.27. The Kier molecular flexibility index (Phi) is 5.74. The first-order valence-electron chi connectivity index (χ1n) is 10.3. The summed E-state index contributed by atoms with van der Waals surface area (Å²) in [5.41, 5.74) is 1.86. The summed E-state index contributed by atoms with van der Waals surface area (Å²) in [5, 5.41) is 7.61. The van der Waals surface area contributed by atoms with Gasteiger partial charge in [0.05, 0.1) is 12.0 Å². The molecule has 0 radical (unpaired) electrons. The first-order valence-corrected chi connectivity index (χ1v) is 10.3. The second-order valence-corrected chi connectivity index (χ2v) is 7.77. The molecule has 0 unspecified atom stereocenters. The van der Waals surface area contributed by atoms with Gasteiger partial charge in [-0.15, -0.1) is 0 Å². The van der Waals surface area contributed by atoms with Crippen LogP contribution in [-0.4, -0.2) is 38.7 Å². The van der Waals surface area contributed by atoms with E-state index in [1.807, 2.05) is 59.7 Å². The molecule has 0 fully saturated rings. The largest absolute Gasteiger partial charge is 0.469 e. The average Bonchev–Trinajstić information content (AvgIpc) is 3.45. The van der Waals surface area contributed by atoms with Gasteiger partial charge in [0.1, 0.15) is 17.3 Å². The molecule has 1 N–H and O–H groups in total. The van der Waals surface area contributed by atoms with E-state index in [2.05, 4.69) is 10.4 Å². The van der Waals surface area contributed by atoms with E-state index in [0.717, 1.165) is 35.9 Å². The Morgan fingerprint density at radius 3 is 2.83 bits per heavy atom. The Hall–Kier alpha value is -3.29. The van der Waals surface area contributed by atoms with Gasteiger partial charge >= 0.3 is 0 Å². The zero-order chi connectivity index (χ0) is 21.1. The number of hydrogen-bond donors (Lipinski definition) is 1. The number of anilines is 1. The fraction of sp³-hybridized carbons (Fsp3) is 0.409. The second kappa shape index (κ2) is 8.61. The minimum atomic E-state index is -0.127. The van der Waals surface area contributed by atoms with Gasteiger partial charge in [-0.05, 0) is 37.6 Å². The van der Waals surface area contributed by atoms with Crippen molar-refractivity contribution in [3.63, 3.8) is 0 Å². The molecule has 3 aromatic rings. The molecule has 0 spiro atoms. The van der Waals surface area contributed by atoms with Crippen LogP contribution in [-0.2, 0) is 29.6 Å². The quantitative estimate of drug-likeness (QED) is 0.650. The van der Waals surface area contributed by atoms with Crippen LogP contribution in [0.25, 0.3) is 11.4 Å². The number of nitrogens with one attached hydrogen (secondary N) is 1. The molecule has 0 aromatic carbocycles. The summed E-state index contributed by atoms with van der Waals surface area (Å²) in [7, 11) is 1.97. The molecule has 0 saturated heterocycles. The van der Waals surface area contributed by atoms with E-state index in [9.17, 15) is 9.59 Å². The molecule has 0 bridgehead atoms. The molecule has 158 valence electrons. The van der Waals surface area contributed by atoms with Crippen molar-refractivity contribution in [3.05, 3.63) is 48.6 Å². The summed E-state index contributed by atoms with van der Waals surface area (Å²) in [6.45, 7) is 3.36. The highest BCUT2D eigenvalue weighted by molar-refractivity contribution is 5.95. The fourth-order valence-corrected chi connectivity index (χ4v) is 3.87. The van der Waals surface area contributed by atoms with Gasteiger partial charge in [-0.2, -0.15) is 5.10 Å². The number of fused-ring (bicyclic) bond motifs is 1. The maximum Gasteiger partial charge on any atom is 0.228 e. The van der Waals surface area contributed by atoms with Gasteiger partial charge in [0.15, 0.2) is 0 Å². The molecular formula is C22H27N5O3. The average molecular weight is 409 g/mol. The van der Waals surface area contributed by atoms with E-state index >= 15 is 0 Å². The number of furan rings is 1. The predicted molar refractivity (Wildman–Crippen MR) is 113 cm³/mol. The highest BCUT2D eigenvalue weighted by Gasteiger charge is 2.25. The van der Waals surface area contributed by atoms with Crippen LogP contribution in [0.5, 0.6) is 0 Å². The molecule has 0 aliphatic carbocycles. The number of carbonyl (C=O) groups is 2. The molecule has 4 rings (SSSR count). The van der Waals surface area contributed by atoms with Gasteiger partial charge in [0, 0.05) is 57.7 Å². The first kappa shape index (κ1) is 20.0. The molecule has 8 nitrogen and oxygen atoms in total. The lowest BCUT2D eigenvalue weighted by atomic mass is 10.1. The topological polar surface area (TPSA) is 85.3 Å². The number of aryl methyl sites for hydroxylation is 2. The molecule has 0 saturated carbocycles. The van der Waals surface area contributed by atoms with Crippen molar-refractivity contribution in [2.75, 3.05) is 11.4 Å². The van der Waals surface area contributed by atoms with Crippen molar-refractivity contribution in [2.45, 2.75) is 45.2 Å². The summed E-state index contributed by atoms with van der Waals surface area (Å²) in [6.07, 6.45) is 5.40. The Bertz CT molecular complexity index is 1020. The van der Waals surface area contributed by atoms with Gasteiger partial charge in [0.25, 0.3) is 0 Å². The molecule has 4 heterocycles. The molecule has 8 heteroatoms. The molecule has 3 aromatic heterocycles.